The first-order valence-corrected chi connectivity index (χ1v) is 9.41. The van der Waals surface area contributed by atoms with Gasteiger partial charge in [-0.3, -0.25) is 0 Å². The predicted molar refractivity (Wildman–Crippen MR) is 63.8 cm³/mol. The third-order valence-electron chi connectivity index (χ3n) is 1.45. The van der Waals surface area contributed by atoms with E-state index in [-0.39, 0.29) is 12.4 Å². The standard InChI is InChI=1S/C8H13N2.Al.4ClH/c1-3-5-10-7-6-9(4-2)8-10;;;;;/h3,6-8H,1,4-5H2,2H3;;4*1H/q+1;+3;;;;/p-4. The molecule has 0 aliphatic carbocycles. The highest BCUT2D eigenvalue weighted by Gasteiger charge is 2.00. The van der Waals surface area contributed by atoms with E-state index in [0.717, 1.165) is 13.1 Å². The molecule has 0 bridgehead atoms. The van der Waals surface area contributed by atoms with Gasteiger partial charge < -0.3 is 12.4 Å². The normalized spacial score (nSPS) is 8.27. The average Bonchev–Trinajstić information content (AvgIpc) is 2.52. The van der Waals surface area contributed by atoms with Crippen molar-refractivity contribution in [1.29, 1.82) is 0 Å². The van der Waals surface area contributed by atoms with Gasteiger partial charge in [-0.15, -0.1) is 0 Å². The van der Waals surface area contributed by atoms with Crippen molar-refractivity contribution in [2.75, 3.05) is 0 Å². The molecule has 0 aliphatic rings. The van der Waals surface area contributed by atoms with Gasteiger partial charge in [0.1, 0.15) is 18.9 Å². The largest absolute Gasteiger partial charge is 1.00 e. The fourth-order valence-corrected chi connectivity index (χ4v) is 0.883. The van der Waals surface area contributed by atoms with E-state index in [2.05, 4.69) is 35.2 Å². The summed E-state index contributed by atoms with van der Waals surface area (Å²) in [4.78, 5) is 0. The van der Waals surface area contributed by atoms with Crippen LogP contribution in [0.4, 0.5) is 0 Å². The molecule has 1 rings (SSSR count). The molecular weight excluding hydrogens is 293 g/mol. The number of aromatic nitrogens is 2. The van der Waals surface area contributed by atoms with Crippen LogP contribution in [0.5, 0.6) is 0 Å². The fraction of sp³-hybridized carbons (Fsp3) is 0.375. The van der Waals surface area contributed by atoms with Crippen molar-refractivity contribution in [2.24, 2.45) is 0 Å². The van der Waals surface area contributed by atoms with E-state index in [0.29, 0.717) is 0 Å². The van der Waals surface area contributed by atoms with Gasteiger partial charge in [-0.25, -0.2) is 39.3 Å². The molecule has 0 atom stereocenters. The first-order chi connectivity index (χ1) is 6.60. The van der Waals surface area contributed by atoms with Gasteiger partial charge in [0.05, 0.1) is 6.54 Å². The number of imidazole rings is 1. The fourth-order valence-electron chi connectivity index (χ4n) is 0.883. The molecule has 7 heteroatoms. The van der Waals surface area contributed by atoms with Crippen LogP contribution in [0.1, 0.15) is 6.92 Å². The summed E-state index contributed by atoms with van der Waals surface area (Å²) in [6.45, 7) is 7.71. The van der Waals surface area contributed by atoms with Crippen LogP contribution in [0, 0.1) is 0 Å². The Bertz CT molecular complexity index is 262. The van der Waals surface area contributed by atoms with Gasteiger partial charge in [0.25, 0.3) is 0 Å². The van der Waals surface area contributed by atoms with Gasteiger partial charge in [-0.05, 0) is 6.92 Å². The zero-order chi connectivity index (χ0) is 11.0. The zero-order valence-corrected chi connectivity index (χ0v) is 12.6. The number of hydrogen-bond acceptors (Lipinski definition) is 0. The van der Waals surface area contributed by atoms with E-state index in [1.54, 1.807) is 0 Å². The Kier molecular flexibility index (Phi) is 13.4. The third kappa shape index (κ3) is 10.9. The first kappa shape index (κ1) is 18.0. The van der Waals surface area contributed by atoms with Gasteiger partial charge in [0.15, 0.2) is 0 Å². The lowest BCUT2D eigenvalue weighted by atomic mass is 10.6. The summed E-state index contributed by atoms with van der Waals surface area (Å²) in [5.74, 6) is 0. The molecule has 86 valence electrons. The molecule has 15 heavy (non-hydrogen) atoms. The van der Waals surface area contributed by atoms with E-state index in [1.807, 2.05) is 12.3 Å². The summed E-state index contributed by atoms with van der Waals surface area (Å²) in [5.41, 5.74) is 0. The lowest BCUT2D eigenvalue weighted by Crippen LogP contribution is -3.00. The molecule has 0 spiro atoms. The van der Waals surface area contributed by atoms with Crippen molar-refractivity contribution in [3.05, 3.63) is 31.4 Å². The van der Waals surface area contributed by atoms with Crippen LogP contribution in [0.15, 0.2) is 31.4 Å². The Labute approximate surface area is 114 Å². The molecule has 0 fully saturated rings. The molecule has 0 saturated heterocycles. The van der Waals surface area contributed by atoms with Gasteiger partial charge in [0.2, 0.25) is 6.33 Å². The molecule has 0 N–H and O–H groups in total. The number of rotatable bonds is 3. The second kappa shape index (κ2) is 11.1. The Morgan fingerprint density at radius 2 is 2.00 bits per heavy atom. The van der Waals surface area contributed by atoms with Crippen molar-refractivity contribution in [1.82, 2.24) is 4.57 Å². The van der Waals surface area contributed by atoms with Crippen LogP contribution >= 0.6 is 30.1 Å². The second-order valence-electron chi connectivity index (χ2n) is 2.48. The minimum Gasteiger partial charge on any atom is -1.00 e. The summed E-state index contributed by atoms with van der Waals surface area (Å²) >= 11 is -1.72. The Hall–Kier alpha value is 0.642. The Morgan fingerprint density at radius 3 is 2.33 bits per heavy atom. The molecule has 0 radical (unpaired) electrons. The topological polar surface area (TPSA) is 8.81 Å². The minimum absolute atomic E-state index is 0. The third-order valence-corrected chi connectivity index (χ3v) is 1.45. The monoisotopic (exact) mass is 304 g/mol. The van der Waals surface area contributed by atoms with E-state index in [4.69, 9.17) is 30.1 Å². The Balaban J connectivity index is 0. The highest BCUT2D eigenvalue weighted by molar-refractivity contribution is 7.54. The summed E-state index contributed by atoms with van der Waals surface area (Å²) in [5, 5.41) is 0. The number of allylic oxidation sites excluding steroid dienone is 1. The van der Waals surface area contributed by atoms with Crippen LogP contribution in [-0.4, -0.2) is 16.0 Å². The maximum atomic E-state index is 4.94. The summed E-state index contributed by atoms with van der Waals surface area (Å²) in [6, 6.07) is 0. The maximum absolute atomic E-state index is 4.94. The molecule has 1 aromatic rings. The summed E-state index contributed by atoms with van der Waals surface area (Å²) < 4.78 is 4.22. The van der Waals surface area contributed by atoms with Crippen molar-refractivity contribution < 1.29 is 17.0 Å². The van der Waals surface area contributed by atoms with E-state index < -0.39 is 11.4 Å². The quantitative estimate of drug-likeness (QED) is 0.411. The van der Waals surface area contributed by atoms with Crippen LogP contribution in [0.3, 0.4) is 0 Å². The van der Waals surface area contributed by atoms with E-state index >= 15 is 0 Å². The summed E-state index contributed by atoms with van der Waals surface area (Å²) in [7, 11) is 14.8. The molecular formula is C8H13AlCl4N2. The molecule has 0 amide bonds. The van der Waals surface area contributed by atoms with Gasteiger partial charge >= 0.3 is 11.4 Å². The molecule has 0 aliphatic heterocycles. The molecule has 0 unspecified atom stereocenters. The average molecular weight is 306 g/mol. The number of hydrogen-bond donors (Lipinski definition) is 0. The number of nitrogens with zero attached hydrogens (tertiary/aromatic N) is 2. The van der Waals surface area contributed by atoms with Crippen molar-refractivity contribution in [3.8, 4) is 0 Å². The highest BCUT2D eigenvalue weighted by atomic mass is 35.8. The maximum Gasteiger partial charge on any atom is 0.643 e. The number of aryl methyl sites for hydroxylation is 1. The number of halogens is 4. The van der Waals surface area contributed by atoms with Crippen LogP contribution < -0.4 is 17.0 Å². The molecule has 0 aromatic carbocycles. The zero-order valence-electron chi connectivity index (χ0n) is 8.41. The van der Waals surface area contributed by atoms with Gasteiger partial charge in [-0.2, -0.15) is 0 Å². The van der Waals surface area contributed by atoms with Crippen LogP contribution in [0.25, 0.3) is 0 Å². The van der Waals surface area contributed by atoms with Crippen molar-refractivity contribution in [2.45, 2.75) is 20.0 Å². The Morgan fingerprint density at radius 1 is 1.47 bits per heavy atom. The van der Waals surface area contributed by atoms with Crippen molar-refractivity contribution >= 4 is 41.5 Å². The van der Waals surface area contributed by atoms with Crippen LogP contribution in [-0.2, 0) is 13.1 Å². The molecule has 0 saturated carbocycles. The van der Waals surface area contributed by atoms with E-state index in [1.165, 1.54) is 0 Å². The first-order valence-electron chi connectivity index (χ1n) is 4.18. The SMILES string of the molecule is C=CC[n+]1ccn(CC)c1.[Cl-].[Cl][Al]([Cl])[Cl]. The van der Waals surface area contributed by atoms with Gasteiger partial charge in [0, 0.05) is 0 Å². The minimum atomic E-state index is -1.72. The summed E-state index contributed by atoms with van der Waals surface area (Å²) in [6.07, 6.45) is 8.07. The highest BCUT2D eigenvalue weighted by Crippen LogP contribution is 1.97. The molecule has 1 aromatic heterocycles. The predicted octanol–water partition coefficient (Wildman–Crippen LogP) is -0.327. The second-order valence-corrected chi connectivity index (χ2v) is 8.91. The lowest BCUT2D eigenvalue weighted by Gasteiger charge is -1.85. The molecule has 1 heterocycles. The van der Waals surface area contributed by atoms with Crippen LogP contribution in [0.2, 0.25) is 0 Å². The smallest absolute Gasteiger partial charge is 0.643 e. The van der Waals surface area contributed by atoms with E-state index in [9.17, 15) is 0 Å². The lowest BCUT2D eigenvalue weighted by molar-refractivity contribution is -0.686. The van der Waals surface area contributed by atoms with Crippen molar-refractivity contribution in [3.63, 3.8) is 0 Å². The van der Waals surface area contributed by atoms with Gasteiger partial charge in [-0.1, -0.05) is 12.7 Å². The molecule has 2 nitrogen and oxygen atoms in total.